The van der Waals surface area contributed by atoms with E-state index >= 15 is 0 Å². The number of hydrogen-bond donors (Lipinski definition) is 2. The summed E-state index contributed by atoms with van der Waals surface area (Å²) in [6.07, 6.45) is 2.14. The first kappa shape index (κ1) is 5.81. The zero-order valence-corrected chi connectivity index (χ0v) is 4.85. The standard InChI is InChI=1S/C5H7N3O/c1-2-3-4-5(9)7-8-6-4/h2H,1,3H2,(H2,6,7,8,9). The van der Waals surface area contributed by atoms with Crippen LogP contribution in [-0.4, -0.2) is 15.4 Å². The summed E-state index contributed by atoms with van der Waals surface area (Å²) in [4.78, 5) is 10.6. The Morgan fingerprint density at radius 2 is 2.56 bits per heavy atom. The van der Waals surface area contributed by atoms with Crippen LogP contribution in [0.1, 0.15) is 5.69 Å². The molecule has 0 unspecified atom stereocenters. The van der Waals surface area contributed by atoms with Gasteiger partial charge < -0.3 is 0 Å². The maximum Gasteiger partial charge on any atom is 0.287 e. The third-order valence-corrected chi connectivity index (χ3v) is 0.960. The predicted octanol–water partition coefficient (Wildman–Crippen LogP) is -0.174. The second-order valence-electron chi connectivity index (χ2n) is 1.62. The van der Waals surface area contributed by atoms with E-state index in [4.69, 9.17) is 0 Å². The topological polar surface area (TPSA) is 61.5 Å². The first-order chi connectivity index (χ1) is 4.34. The molecule has 4 heteroatoms. The molecule has 0 saturated carbocycles. The van der Waals surface area contributed by atoms with E-state index in [1.54, 1.807) is 6.08 Å². The number of nitrogens with zero attached hydrogens (tertiary/aromatic N) is 1. The van der Waals surface area contributed by atoms with Gasteiger partial charge in [-0.2, -0.15) is 5.10 Å². The van der Waals surface area contributed by atoms with Gasteiger partial charge >= 0.3 is 0 Å². The molecule has 0 amide bonds. The van der Waals surface area contributed by atoms with Crippen LogP contribution < -0.4 is 5.56 Å². The van der Waals surface area contributed by atoms with Crippen molar-refractivity contribution in [2.45, 2.75) is 6.42 Å². The van der Waals surface area contributed by atoms with E-state index in [2.05, 4.69) is 22.0 Å². The number of aromatic nitrogens is 3. The third-order valence-electron chi connectivity index (χ3n) is 0.960. The van der Waals surface area contributed by atoms with Gasteiger partial charge in [0, 0.05) is 6.42 Å². The highest BCUT2D eigenvalue weighted by atomic mass is 16.1. The molecule has 0 aromatic carbocycles. The van der Waals surface area contributed by atoms with E-state index in [0.717, 1.165) is 0 Å². The maximum atomic E-state index is 10.6. The molecule has 0 fully saturated rings. The summed E-state index contributed by atoms with van der Waals surface area (Å²) in [7, 11) is 0. The lowest BCUT2D eigenvalue weighted by Gasteiger charge is -1.77. The fourth-order valence-electron chi connectivity index (χ4n) is 0.544. The Kier molecular flexibility index (Phi) is 1.48. The molecular weight excluding hydrogens is 118 g/mol. The molecule has 1 heterocycles. The summed E-state index contributed by atoms with van der Waals surface area (Å²) in [6, 6.07) is 0. The molecule has 48 valence electrons. The van der Waals surface area contributed by atoms with Crippen molar-refractivity contribution in [3.8, 4) is 0 Å². The van der Waals surface area contributed by atoms with Crippen molar-refractivity contribution >= 4 is 0 Å². The van der Waals surface area contributed by atoms with Crippen LogP contribution in [0.2, 0.25) is 0 Å². The largest absolute Gasteiger partial charge is 0.287 e. The summed E-state index contributed by atoms with van der Waals surface area (Å²) in [6.45, 7) is 3.47. The average Bonchev–Trinajstić information content (AvgIpc) is 2.18. The highest BCUT2D eigenvalue weighted by Gasteiger charge is 1.96. The van der Waals surface area contributed by atoms with Crippen LogP contribution in [0, 0.1) is 0 Å². The lowest BCUT2D eigenvalue weighted by Crippen LogP contribution is -2.04. The van der Waals surface area contributed by atoms with Crippen LogP contribution in [0.4, 0.5) is 0 Å². The summed E-state index contributed by atoms with van der Waals surface area (Å²) in [5.74, 6) is 0. The van der Waals surface area contributed by atoms with E-state index in [-0.39, 0.29) is 5.56 Å². The molecule has 9 heavy (non-hydrogen) atoms. The zero-order valence-electron chi connectivity index (χ0n) is 4.85. The Morgan fingerprint density at radius 1 is 1.78 bits per heavy atom. The van der Waals surface area contributed by atoms with Crippen LogP contribution in [0.15, 0.2) is 17.4 Å². The fourth-order valence-corrected chi connectivity index (χ4v) is 0.544. The number of H-pyrrole nitrogens is 2. The highest BCUT2D eigenvalue weighted by molar-refractivity contribution is 4.97. The molecule has 1 aromatic heterocycles. The van der Waals surface area contributed by atoms with Crippen molar-refractivity contribution in [1.29, 1.82) is 0 Å². The molecule has 1 rings (SSSR count). The summed E-state index contributed by atoms with van der Waals surface area (Å²) >= 11 is 0. The SMILES string of the molecule is C=CCc1n[nH][nH]c1=O. The van der Waals surface area contributed by atoms with Crippen LogP contribution in [0.3, 0.4) is 0 Å². The lowest BCUT2D eigenvalue weighted by molar-refractivity contribution is 0.915. The molecule has 0 radical (unpaired) electrons. The normalized spacial score (nSPS) is 9.33. The summed E-state index contributed by atoms with van der Waals surface area (Å²) in [5, 5.41) is 8.30. The van der Waals surface area contributed by atoms with Crippen molar-refractivity contribution < 1.29 is 0 Å². The Balaban J connectivity index is 2.93. The maximum absolute atomic E-state index is 10.6. The number of rotatable bonds is 2. The van der Waals surface area contributed by atoms with Gasteiger partial charge in [-0.3, -0.25) is 4.79 Å². The predicted molar refractivity (Wildman–Crippen MR) is 33.1 cm³/mol. The van der Waals surface area contributed by atoms with Gasteiger partial charge in [-0.25, -0.2) is 10.3 Å². The van der Waals surface area contributed by atoms with Crippen molar-refractivity contribution in [3.05, 3.63) is 28.7 Å². The second-order valence-corrected chi connectivity index (χ2v) is 1.62. The highest BCUT2D eigenvalue weighted by Crippen LogP contribution is 1.81. The second kappa shape index (κ2) is 2.30. The quantitative estimate of drug-likeness (QED) is 0.539. The Bertz CT molecular complexity index is 247. The Labute approximate surface area is 51.6 Å². The van der Waals surface area contributed by atoms with Gasteiger partial charge in [0.2, 0.25) is 0 Å². The minimum atomic E-state index is -0.171. The third kappa shape index (κ3) is 1.07. The minimum absolute atomic E-state index is 0.171. The molecule has 2 N–H and O–H groups in total. The van der Waals surface area contributed by atoms with Gasteiger partial charge in [-0.15, -0.1) is 6.58 Å². The van der Waals surface area contributed by atoms with Gasteiger partial charge in [0.05, 0.1) is 0 Å². The molecule has 0 aliphatic rings. The van der Waals surface area contributed by atoms with Crippen molar-refractivity contribution in [1.82, 2.24) is 15.4 Å². The fraction of sp³-hybridized carbons (Fsp3) is 0.200. The van der Waals surface area contributed by atoms with Crippen LogP contribution >= 0.6 is 0 Å². The van der Waals surface area contributed by atoms with E-state index in [1.807, 2.05) is 0 Å². The first-order valence-corrected chi connectivity index (χ1v) is 2.57. The van der Waals surface area contributed by atoms with E-state index in [1.165, 1.54) is 0 Å². The molecule has 0 bridgehead atoms. The number of hydrogen-bond acceptors (Lipinski definition) is 2. The molecule has 1 aromatic rings. The van der Waals surface area contributed by atoms with Gasteiger partial charge in [-0.1, -0.05) is 6.08 Å². The van der Waals surface area contributed by atoms with Gasteiger partial charge in [0.1, 0.15) is 5.69 Å². The molecule has 0 aliphatic carbocycles. The average molecular weight is 125 g/mol. The van der Waals surface area contributed by atoms with Crippen LogP contribution in [0.25, 0.3) is 0 Å². The summed E-state index contributed by atoms with van der Waals surface area (Å²) in [5.41, 5.74) is 0.305. The van der Waals surface area contributed by atoms with Crippen molar-refractivity contribution in [2.75, 3.05) is 0 Å². The minimum Gasteiger partial charge on any atom is -0.266 e. The van der Waals surface area contributed by atoms with Crippen LogP contribution in [0.5, 0.6) is 0 Å². The molecule has 4 nitrogen and oxygen atoms in total. The Hall–Kier alpha value is -1.32. The first-order valence-electron chi connectivity index (χ1n) is 2.57. The van der Waals surface area contributed by atoms with E-state index in [9.17, 15) is 4.79 Å². The number of allylic oxidation sites excluding steroid dienone is 1. The van der Waals surface area contributed by atoms with Gasteiger partial charge in [-0.05, 0) is 0 Å². The Morgan fingerprint density at radius 3 is 3.00 bits per heavy atom. The van der Waals surface area contributed by atoms with Gasteiger partial charge in [0.15, 0.2) is 0 Å². The van der Waals surface area contributed by atoms with E-state index < -0.39 is 0 Å². The number of aromatic amines is 2. The molecule has 0 aliphatic heterocycles. The lowest BCUT2D eigenvalue weighted by atomic mass is 10.3. The van der Waals surface area contributed by atoms with Crippen LogP contribution in [-0.2, 0) is 6.42 Å². The van der Waals surface area contributed by atoms with E-state index in [0.29, 0.717) is 12.1 Å². The van der Waals surface area contributed by atoms with Crippen molar-refractivity contribution in [3.63, 3.8) is 0 Å². The molecule has 0 saturated heterocycles. The van der Waals surface area contributed by atoms with Crippen molar-refractivity contribution in [2.24, 2.45) is 0 Å². The zero-order chi connectivity index (χ0) is 6.69. The smallest absolute Gasteiger partial charge is 0.266 e. The summed E-state index contributed by atoms with van der Waals surface area (Å²) < 4.78 is 0. The molecular formula is C5H7N3O. The van der Waals surface area contributed by atoms with Gasteiger partial charge in [0.25, 0.3) is 5.56 Å². The monoisotopic (exact) mass is 125 g/mol. The number of nitrogens with one attached hydrogen (secondary N) is 2. The molecule has 0 atom stereocenters. The molecule has 0 spiro atoms.